The number of sulfonamides is 1. The number of rotatable bonds is 5. The topological polar surface area (TPSA) is 103 Å². The zero-order valence-corrected chi connectivity index (χ0v) is 11.6. The Morgan fingerprint density at radius 1 is 1.45 bits per heavy atom. The zero-order valence-electron chi connectivity index (χ0n) is 10.7. The van der Waals surface area contributed by atoms with Gasteiger partial charge in [0.15, 0.2) is 0 Å². The molecule has 0 saturated heterocycles. The van der Waals surface area contributed by atoms with Crippen LogP contribution in [0.1, 0.15) is 5.82 Å². The van der Waals surface area contributed by atoms with Crippen molar-refractivity contribution in [2.45, 2.75) is 11.3 Å². The molecular weight excluding hydrogens is 285 g/mol. The number of aryl methyl sites for hydroxylation is 1. The molecule has 7 nitrogen and oxygen atoms in total. The summed E-state index contributed by atoms with van der Waals surface area (Å²) in [7, 11) is -2.09. The highest BCUT2D eigenvalue weighted by Crippen LogP contribution is 2.18. The first kappa shape index (κ1) is 14.4. The summed E-state index contributed by atoms with van der Waals surface area (Å²) in [6.45, 7) is 0.116. The van der Waals surface area contributed by atoms with Gasteiger partial charge in [-0.15, -0.1) is 10.2 Å². The van der Waals surface area contributed by atoms with E-state index >= 15 is 0 Å². The first-order valence-corrected chi connectivity index (χ1v) is 7.26. The van der Waals surface area contributed by atoms with Gasteiger partial charge in [0.25, 0.3) is 0 Å². The fourth-order valence-electron chi connectivity index (χ4n) is 1.65. The van der Waals surface area contributed by atoms with E-state index in [0.29, 0.717) is 12.2 Å². The van der Waals surface area contributed by atoms with Crippen LogP contribution in [0.5, 0.6) is 0 Å². The van der Waals surface area contributed by atoms with Crippen LogP contribution in [0, 0.1) is 5.82 Å². The number of hydrogen-bond acceptors (Lipinski definition) is 5. The Morgan fingerprint density at radius 3 is 2.85 bits per heavy atom. The second-order valence-electron chi connectivity index (χ2n) is 4.19. The van der Waals surface area contributed by atoms with Gasteiger partial charge in [-0.2, -0.15) is 0 Å². The maximum Gasteiger partial charge on any atom is 0.242 e. The number of aromatic nitrogens is 3. The number of nitrogen functional groups attached to an aromatic ring is 1. The second-order valence-corrected chi connectivity index (χ2v) is 5.92. The lowest BCUT2D eigenvalue weighted by molar-refractivity contribution is 0.576. The lowest BCUT2D eigenvalue weighted by atomic mass is 10.3. The van der Waals surface area contributed by atoms with Gasteiger partial charge in [-0.1, -0.05) is 0 Å². The Balaban J connectivity index is 2.08. The summed E-state index contributed by atoms with van der Waals surface area (Å²) in [6, 6.07) is 3.21. The quantitative estimate of drug-likeness (QED) is 0.760. The highest BCUT2D eigenvalue weighted by atomic mass is 32.2. The van der Waals surface area contributed by atoms with Crippen LogP contribution in [0.15, 0.2) is 29.4 Å². The number of halogens is 1. The summed E-state index contributed by atoms with van der Waals surface area (Å²) in [6.07, 6.45) is 1.89. The molecule has 0 radical (unpaired) electrons. The average molecular weight is 299 g/mol. The monoisotopic (exact) mass is 299 g/mol. The normalized spacial score (nSPS) is 11.7. The summed E-state index contributed by atoms with van der Waals surface area (Å²) in [5.41, 5.74) is 5.55. The fourth-order valence-corrected chi connectivity index (χ4v) is 2.82. The largest absolute Gasteiger partial charge is 0.398 e. The van der Waals surface area contributed by atoms with Gasteiger partial charge < -0.3 is 10.3 Å². The molecule has 20 heavy (non-hydrogen) atoms. The molecule has 1 heterocycles. The van der Waals surface area contributed by atoms with Crippen LogP contribution < -0.4 is 10.5 Å². The SMILES string of the molecule is Cn1cnnc1CCNS(=O)(=O)c1cc(F)ccc1N. The molecule has 0 aliphatic carbocycles. The minimum absolute atomic E-state index is 0.00226. The van der Waals surface area contributed by atoms with E-state index in [1.54, 1.807) is 11.6 Å². The van der Waals surface area contributed by atoms with Crippen molar-refractivity contribution in [1.82, 2.24) is 19.5 Å². The molecular formula is C11H14FN5O2S. The van der Waals surface area contributed by atoms with Crippen molar-refractivity contribution in [3.63, 3.8) is 0 Å². The highest BCUT2D eigenvalue weighted by Gasteiger charge is 2.18. The van der Waals surface area contributed by atoms with E-state index in [1.165, 1.54) is 12.4 Å². The van der Waals surface area contributed by atoms with E-state index < -0.39 is 15.8 Å². The van der Waals surface area contributed by atoms with Gasteiger partial charge in [0.2, 0.25) is 10.0 Å². The first-order chi connectivity index (χ1) is 9.40. The van der Waals surface area contributed by atoms with Crippen LogP contribution >= 0.6 is 0 Å². The van der Waals surface area contributed by atoms with Gasteiger partial charge in [-0.05, 0) is 18.2 Å². The van der Waals surface area contributed by atoms with E-state index in [2.05, 4.69) is 14.9 Å². The van der Waals surface area contributed by atoms with E-state index in [-0.39, 0.29) is 17.1 Å². The van der Waals surface area contributed by atoms with Gasteiger partial charge in [0.1, 0.15) is 22.9 Å². The van der Waals surface area contributed by atoms with Crippen LogP contribution in [0.4, 0.5) is 10.1 Å². The van der Waals surface area contributed by atoms with Crippen molar-refractivity contribution in [1.29, 1.82) is 0 Å². The molecule has 0 aliphatic heterocycles. The molecule has 0 saturated carbocycles. The Morgan fingerprint density at radius 2 is 2.20 bits per heavy atom. The first-order valence-electron chi connectivity index (χ1n) is 5.78. The Kier molecular flexibility index (Phi) is 4.00. The molecule has 9 heteroatoms. The third kappa shape index (κ3) is 3.11. The maximum absolute atomic E-state index is 13.1. The number of nitrogens with zero attached hydrogens (tertiary/aromatic N) is 3. The van der Waals surface area contributed by atoms with Crippen molar-refractivity contribution in [3.05, 3.63) is 36.2 Å². The predicted molar refractivity (Wildman–Crippen MR) is 70.7 cm³/mol. The molecule has 1 aromatic heterocycles. The van der Waals surface area contributed by atoms with Crippen LogP contribution in [0.3, 0.4) is 0 Å². The van der Waals surface area contributed by atoms with Gasteiger partial charge in [0.05, 0.1) is 5.69 Å². The van der Waals surface area contributed by atoms with Crippen molar-refractivity contribution < 1.29 is 12.8 Å². The number of anilines is 1. The van der Waals surface area contributed by atoms with Crippen molar-refractivity contribution in [3.8, 4) is 0 Å². The summed E-state index contributed by atoms with van der Waals surface area (Å²) in [4.78, 5) is -0.268. The van der Waals surface area contributed by atoms with Crippen molar-refractivity contribution in [2.24, 2.45) is 7.05 Å². The van der Waals surface area contributed by atoms with Crippen LogP contribution in [-0.2, 0) is 23.5 Å². The zero-order chi connectivity index (χ0) is 14.8. The van der Waals surface area contributed by atoms with E-state index in [4.69, 9.17) is 5.73 Å². The molecule has 0 atom stereocenters. The van der Waals surface area contributed by atoms with Crippen LogP contribution in [0.2, 0.25) is 0 Å². The minimum Gasteiger partial charge on any atom is -0.398 e. The molecule has 0 aliphatic rings. The number of nitrogens with two attached hydrogens (primary N) is 1. The third-order valence-electron chi connectivity index (χ3n) is 2.71. The standard InChI is InChI=1S/C11H14FN5O2S/c1-17-7-14-16-11(17)4-5-15-20(18,19)10-6-8(12)2-3-9(10)13/h2-3,6-7,15H,4-5,13H2,1H3. The van der Waals surface area contributed by atoms with Gasteiger partial charge in [0, 0.05) is 20.0 Å². The lowest BCUT2D eigenvalue weighted by Gasteiger charge is -2.09. The van der Waals surface area contributed by atoms with Crippen LogP contribution in [-0.4, -0.2) is 29.7 Å². The molecule has 0 amide bonds. The molecule has 0 spiro atoms. The Hall–Kier alpha value is -2.00. The predicted octanol–water partition coefficient (Wildman–Crippen LogP) is 0.0574. The molecule has 1 aromatic carbocycles. The van der Waals surface area contributed by atoms with Gasteiger partial charge in [-0.25, -0.2) is 17.5 Å². The number of nitrogens with one attached hydrogen (secondary N) is 1. The van der Waals surface area contributed by atoms with Crippen LogP contribution in [0.25, 0.3) is 0 Å². The van der Waals surface area contributed by atoms with E-state index in [1.807, 2.05) is 0 Å². The number of hydrogen-bond donors (Lipinski definition) is 2. The third-order valence-corrected chi connectivity index (χ3v) is 4.23. The Labute approximate surface area is 115 Å². The smallest absolute Gasteiger partial charge is 0.242 e. The second kappa shape index (κ2) is 5.55. The van der Waals surface area contributed by atoms with Gasteiger partial charge in [-0.3, -0.25) is 0 Å². The summed E-state index contributed by atoms with van der Waals surface area (Å²) in [5.74, 6) is -0.0206. The molecule has 0 bridgehead atoms. The van der Waals surface area contributed by atoms with Gasteiger partial charge >= 0.3 is 0 Å². The van der Waals surface area contributed by atoms with E-state index in [9.17, 15) is 12.8 Å². The van der Waals surface area contributed by atoms with Crippen molar-refractivity contribution >= 4 is 15.7 Å². The Bertz CT molecular complexity index is 713. The lowest BCUT2D eigenvalue weighted by Crippen LogP contribution is -2.27. The molecule has 0 fully saturated rings. The summed E-state index contributed by atoms with van der Waals surface area (Å²) in [5, 5.41) is 7.52. The molecule has 2 aromatic rings. The molecule has 3 N–H and O–H groups in total. The average Bonchev–Trinajstić information content (AvgIpc) is 2.78. The highest BCUT2D eigenvalue weighted by molar-refractivity contribution is 7.89. The number of benzene rings is 1. The molecule has 2 rings (SSSR count). The molecule has 108 valence electrons. The molecule has 0 unspecified atom stereocenters. The summed E-state index contributed by atoms with van der Waals surface area (Å²) >= 11 is 0. The van der Waals surface area contributed by atoms with E-state index in [0.717, 1.165) is 12.1 Å². The van der Waals surface area contributed by atoms with Crippen molar-refractivity contribution in [2.75, 3.05) is 12.3 Å². The summed E-state index contributed by atoms with van der Waals surface area (Å²) < 4.78 is 41.2. The minimum atomic E-state index is -3.85. The fraction of sp³-hybridized carbons (Fsp3) is 0.273. The maximum atomic E-state index is 13.1.